The van der Waals surface area contributed by atoms with E-state index in [1.807, 2.05) is 37.2 Å². The van der Waals surface area contributed by atoms with E-state index < -0.39 is 0 Å². The molecule has 4 heteroatoms. The molecule has 0 bridgehead atoms. The number of rotatable bonds is 6. The average molecular weight is 287 g/mol. The monoisotopic (exact) mass is 287 g/mol. The maximum atomic E-state index is 12.8. The van der Waals surface area contributed by atoms with Crippen molar-refractivity contribution in [3.05, 3.63) is 42.2 Å². The van der Waals surface area contributed by atoms with Gasteiger partial charge in [-0.1, -0.05) is 18.2 Å². The van der Waals surface area contributed by atoms with E-state index in [1.165, 1.54) is 0 Å². The molecule has 1 aromatic heterocycles. The largest absolute Gasteiger partial charge is 0.335 e. The molecule has 0 fully saturated rings. The molecule has 2 rings (SSSR count). The van der Waals surface area contributed by atoms with Gasteiger partial charge >= 0.3 is 0 Å². The molecule has 4 nitrogen and oxygen atoms in total. The molecule has 1 atom stereocenters. The van der Waals surface area contributed by atoms with Gasteiger partial charge in [0.25, 0.3) is 0 Å². The van der Waals surface area contributed by atoms with Crippen LogP contribution < -0.4 is 0 Å². The molecule has 1 aliphatic rings. The number of amides is 1. The molecule has 0 N–H and O–H groups in total. The molecule has 1 aliphatic carbocycles. The summed E-state index contributed by atoms with van der Waals surface area (Å²) in [5.74, 6) is 0.410. The zero-order chi connectivity index (χ0) is 15.1. The fraction of sp³-hybridized carbons (Fsp3) is 0.529. The third kappa shape index (κ3) is 4.97. The van der Waals surface area contributed by atoms with Crippen LogP contribution in [0.2, 0.25) is 0 Å². The first-order valence-corrected chi connectivity index (χ1v) is 7.65. The van der Waals surface area contributed by atoms with E-state index in [4.69, 9.17) is 0 Å². The van der Waals surface area contributed by atoms with Gasteiger partial charge in [-0.15, -0.1) is 0 Å². The SMILES string of the molecule is CN(C)CCN(Cc1ccccn1)C(=O)C1CC=CCC1. The van der Waals surface area contributed by atoms with Gasteiger partial charge in [-0.3, -0.25) is 9.78 Å². The molecule has 21 heavy (non-hydrogen) atoms. The van der Waals surface area contributed by atoms with Crippen molar-refractivity contribution in [3.8, 4) is 0 Å². The Kier molecular flexibility index (Phi) is 5.93. The lowest BCUT2D eigenvalue weighted by Crippen LogP contribution is -2.40. The van der Waals surface area contributed by atoms with E-state index >= 15 is 0 Å². The lowest BCUT2D eigenvalue weighted by molar-refractivity contribution is -0.136. The summed E-state index contributed by atoms with van der Waals surface area (Å²) in [5, 5.41) is 0. The van der Waals surface area contributed by atoms with Crippen molar-refractivity contribution >= 4 is 5.91 Å². The van der Waals surface area contributed by atoms with Gasteiger partial charge in [0.15, 0.2) is 0 Å². The second kappa shape index (κ2) is 7.93. The molecular weight excluding hydrogens is 262 g/mol. The lowest BCUT2D eigenvalue weighted by Gasteiger charge is -2.29. The number of carbonyl (C=O) groups excluding carboxylic acids is 1. The third-order valence-corrected chi connectivity index (χ3v) is 3.83. The summed E-state index contributed by atoms with van der Waals surface area (Å²) in [6.45, 7) is 2.23. The summed E-state index contributed by atoms with van der Waals surface area (Å²) in [4.78, 5) is 21.2. The molecule has 0 aromatic carbocycles. The highest BCUT2D eigenvalue weighted by Gasteiger charge is 2.24. The highest BCUT2D eigenvalue weighted by molar-refractivity contribution is 5.79. The van der Waals surface area contributed by atoms with Crippen molar-refractivity contribution in [1.29, 1.82) is 0 Å². The average Bonchev–Trinajstić information content (AvgIpc) is 2.52. The topological polar surface area (TPSA) is 36.4 Å². The summed E-state index contributed by atoms with van der Waals surface area (Å²) in [7, 11) is 4.07. The minimum absolute atomic E-state index is 0.140. The van der Waals surface area contributed by atoms with Crippen LogP contribution in [0, 0.1) is 5.92 Å². The van der Waals surface area contributed by atoms with Crippen molar-refractivity contribution in [2.45, 2.75) is 25.8 Å². The molecule has 1 aromatic rings. The van der Waals surface area contributed by atoms with E-state index in [-0.39, 0.29) is 11.8 Å². The van der Waals surface area contributed by atoms with Crippen LogP contribution in [0.5, 0.6) is 0 Å². The maximum absolute atomic E-state index is 12.8. The fourth-order valence-corrected chi connectivity index (χ4v) is 2.55. The summed E-state index contributed by atoms with van der Waals surface area (Å²) in [6, 6.07) is 5.86. The number of carbonyl (C=O) groups is 1. The molecule has 1 unspecified atom stereocenters. The van der Waals surface area contributed by atoms with E-state index in [0.717, 1.165) is 38.0 Å². The zero-order valence-electron chi connectivity index (χ0n) is 13.0. The van der Waals surface area contributed by atoms with Crippen molar-refractivity contribution < 1.29 is 4.79 Å². The number of aromatic nitrogens is 1. The number of likely N-dealkylation sites (N-methyl/N-ethyl adjacent to an activating group) is 1. The number of allylic oxidation sites excluding steroid dienone is 2. The summed E-state index contributed by atoms with van der Waals surface area (Å²) >= 11 is 0. The maximum Gasteiger partial charge on any atom is 0.226 e. The van der Waals surface area contributed by atoms with Crippen molar-refractivity contribution in [2.75, 3.05) is 27.2 Å². The van der Waals surface area contributed by atoms with Gasteiger partial charge in [-0.25, -0.2) is 0 Å². The number of hydrogen-bond donors (Lipinski definition) is 0. The molecule has 0 aliphatic heterocycles. The Labute approximate surface area is 127 Å². The van der Waals surface area contributed by atoms with Gasteiger partial charge in [0.2, 0.25) is 5.91 Å². The summed E-state index contributed by atoms with van der Waals surface area (Å²) in [6.07, 6.45) is 8.95. The minimum Gasteiger partial charge on any atom is -0.335 e. The van der Waals surface area contributed by atoms with Gasteiger partial charge in [0.1, 0.15) is 0 Å². The minimum atomic E-state index is 0.140. The Morgan fingerprint density at radius 1 is 1.29 bits per heavy atom. The second-order valence-corrected chi connectivity index (χ2v) is 5.87. The van der Waals surface area contributed by atoms with Crippen LogP contribution in [0.1, 0.15) is 25.0 Å². The zero-order valence-corrected chi connectivity index (χ0v) is 13.0. The Morgan fingerprint density at radius 2 is 2.14 bits per heavy atom. The Bertz CT molecular complexity index is 470. The molecule has 0 spiro atoms. The molecule has 0 saturated carbocycles. The molecule has 0 radical (unpaired) electrons. The van der Waals surface area contributed by atoms with Crippen LogP contribution in [0.3, 0.4) is 0 Å². The number of hydrogen-bond acceptors (Lipinski definition) is 3. The first-order valence-electron chi connectivity index (χ1n) is 7.65. The van der Waals surface area contributed by atoms with E-state index in [2.05, 4.69) is 22.0 Å². The molecule has 1 amide bonds. The lowest BCUT2D eigenvalue weighted by atomic mass is 9.93. The second-order valence-electron chi connectivity index (χ2n) is 5.87. The standard InChI is InChI=1S/C17H25N3O/c1-19(2)12-13-20(14-16-10-6-7-11-18-16)17(21)15-8-4-3-5-9-15/h3-4,6-7,10-11,15H,5,8-9,12-14H2,1-2H3. The van der Waals surface area contributed by atoms with Crippen LogP contribution in [-0.2, 0) is 11.3 Å². The molecule has 1 heterocycles. The van der Waals surface area contributed by atoms with Crippen molar-refractivity contribution in [2.24, 2.45) is 5.92 Å². The van der Waals surface area contributed by atoms with Crippen LogP contribution in [0.4, 0.5) is 0 Å². The quantitative estimate of drug-likeness (QED) is 0.754. The van der Waals surface area contributed by atoms with Gasteiger partial charge in [-0.2, -0.15) is 0 Å². The van der Waals surface area contributed by atoms with Gasteiger partial charge in [0.05, 0.1) is 12.2 Å². The molecule has 114 valence electrons. The predicted octanol–water partition coefficient (Wildman–Crippen LogP) is 2.33. The third-order valence-electron chi connectivity index (χ3n) is 3.83. The van der Waals surface area contributed by atoms with E-state index in [9.17, 15) is 4.79 Å². The normalized spacial score (nSPS) is 18.0. The summed E-state index contributed by atoms with van der Waals surface area (Å²) < 4.78 is 0. The predicted molar refractivity (Wildman–Crippen MR) is 84.7 cm³/mol. The highest BCUT2D eigenvalue weighted by Crippen LogP contribution is 2.21. The summed E-state index contributed by atoms with van der Waals surface area (Å²) in [5.41, 5.74) is 0.955. The first-order chi connectivity index (χ1) is 10.2. The van der Waals surface area contributed by atoms with E-state index in [1.54, 1.807) is 6.20 Å². The van der Waals surface area contributed by atoms with Gasteiger partial charge in [0, 0.05) is 25.2 Å². The van der Waals surface area contributed by atoms with Gasteiger partial charge < -0.3 is 9.80 Å². The van der Waals surface area contributed by atoms with Crippen molar-refractivity contribution in [3.63, 3.8) is 0 Å². The van der Waals surface area contributed by atoms with Crippen LogP contribution in [0.25, 0.3) is 0 Å². The molecule has 0 saturated heterocycles. The smallest absolute Gasteiger partial charge is 0.226 e. The molecular formula is C17H25N3O. The Hall–Kier alpha value is -1.68. The Balaban J connectivity index is 2.03. The van der Waals surface area contributed by atoms with E-state index in [0.29, 0.717) is 6.54 Å². The number of pyridine rings is 1. The highest BCUT2D eigenvalue weighted by atomic mass is 16.2. The van der Waals surface area contributed by atoms with Crippen LogP contribution in [-0.4, -0.2) is 47.9 Å². The van der Waals surface area contributed by atoms with Crippen molar-refractivity contribution in [1.82, 2.24) is 14.8 Å². The van der Waals surface area contributed by atoms with Gasteiger partial charge in [-0.05, 0) is 45.5 Å². The Morgan fingerprint density at radius 3 is 2.76 bits per heavy atom. The fourth-order valence-electron chi connectivity index (χ4n) is 2.55. The van der Waals surface area contributed by atoms with Crippen LogP contribution >= 0.6 is 0 Å². The first kappa shape index (κ1) is 15.7. The van der Waals surface area contributed by atoms with Crippen LogP contribution in [0.15, 0.2) is 36.5 Å². The number of nitrogens with zero attached hydrogens (tertiary/aromatic N) is 3.